The summed E-state index contributed by atoms with van der Waals surface area (Å²) < 4.78 is 1.25. The zero-order chi connectivity index (χ0) is 14.2. The van der Waals surface area contributed by atoms with Gasteiger partial charge in [0.05, 0.1) is 0 Å². The van der Waals surface area contributed by atoms with E-state index in [-0.39, 0.29) is 19.2 Å². The number of anilines is 1. The molecule has 2 atom stereocenters. The molecule has 1 saturated heterocycles. The van der Waals surface area contributed by atoms with Crippen LogP contribution in [0, 0.1) is 5.41 Å². The van der Waals surface area contributed by atoms with Crippen molar-refractivity contribution in [3.63, 3.8) is 0 Å². The Morgan fingerprint density at radius 1 is 1.37 bits per heavy atom. The molecular formula is C14H23N2OPS. The van der Waals surface area contributed by atoms with Crippen LogP contribution in [0.15, 0.2) is 5.38 Å². The third-order valence-corrected chi connectivity index (χ3v) is 8.14. The van der Waals surface area contributed by atoms with Gasteiger partial charge in [0.1, 0.15) is 10.6 Å². The summed E-state index contributed by atoms with van der Waals surface area (Å²) in [6.45, 7) is 10.4. The van der Waals surface area contributed by atoms with E-state index in [1.807, 2.05) is 26.2 Å². The first-order valence-electron chi connectivity index (χ1n) is 6.84. The SMILES string of the molecule is C[C@H]1CC[C@H](C)P1c1nc(NC(=O)C(C)(C)C)cs1. The molecule has 1 N–H and O–H groups in total. The Labute approximate surface area is 121 Å². The number of aromatic nitrogens is 1. The van der Waals surface area contributed by atoms with Gasteiger partial charge in [-0.25, -0.2) is 4.98 Å². The minimum absolute atomic E-state index is 0.0321. The number of thiazole rings is 1. The van der Waals surface area contributed by atoms with Crippen LogP contribution < -0.4 is 10.1 Å². The summed E-state index contributed by atoms with van der Waals surface area (Å²) in [5.74, 6) is 0.762. The molecule has 1 aromatic heterocycles. The average Bonchev–Trinajstić information content (AvgIpc) is 2.85. The van der Waals surface area contributed by atoms with Gasteiger partial charge in [0, 0.05) is 10.8 Å². The Hall–Kier alpha value is -0.470. The van der Waals surface area contributed by atoms with Crippen LogP contribution in [-0.2, 0) is 4.79 Å². The van der Waals surface area contributed by atoms with Crippen molar-refractivity contribution in [2.45, 2.75) is 58.8 Å². The van der Waals surface area contributed by atoms with E-state index in [9.17, 15) is 4.79 Å². The van der Waals surface area contributed by atoms with E-state index >= 15 is 0 Å². The minimum atomic E-state index is -0.372. The number of hydrogen-bond acceptors (Lipinski definition) is 3. The fourth-order valence-corrected chi connectivity index (χ4v) is 7.22. The highest BCUT2D eigenvalue weighted by molar-refractivity contribution is 7.72. The highest BCUT2D eigenvalue weighted by Gasteiger charge is 2.33. The molecule has 19 heavy (non-hydrogen) atoms. The van der Waals surface area contributed by atoms with Gasteiger partial charge >= 0.3 is 0 Å². The maximum atomic E-state index is 12.0. The number of carbonyl (C=O) groups excluding carboxylic acids is 1. The van der Waals surface area contributed by atoms with Gasteiger partial charge in [0.2, 0.25) is 5.91 Å². The molecule has 0 aliphatic carbocycles. The van der Waals surface area contributed by atoms with Gasteiger partial charge in [0.15, 0.2) is 0 Å². The third-order valence-electron chi connectivity index (χ3n) is 3.59. The minimum Gasteiger partial charge on any atom is -0.310 e. The van der Waals surface area contributed by atoms with Crippen LogP contribution in [0.2, 0.25) is 0 Å². The Morgan fingerprint density at radius 2 is 1.95 bits per heavy atom. The van der Waals surface area contributed by atoms with E-state index in [0.29, 0.717) is 0 Å². The van der Waals surface area contributed by atoms with E-state index < -0.39 is 0 Å². The van der Waals surface area contributed by atoms with Crippen LogP contribution in [-0.4, -0.2) is 22.2 Å². The lowest BCUT2D eigenvalue weighted by Gasteiger charge is -2.18. The van der Waals surface area contributed by atoms with Crippen LogP contribution in [0.1, 0.15) is 47.5 Å². The van der Waals surface area contributed by atoms with Crippen LogP contribution in [0.25, 0.3) is 0 Å². The number of amides is 1. The van der Waals surface area contributed by atoms with Gasteiger partial charge in [-0.1, -0.05) is 34.6 Å². The second kappa shape index (κ2) is 5.49. The monoisotopic (exact) mass is 298 g/mol. The van der Waals surface area contributed by atoms with E-state index in [0.717, 1.165) is 17.1 Å². The molecule has 1 aliphatic rings. The van der Waals surface area contributed by atoms with Crippen LogP contribution in [0.5, 0.6) is 0 Å². The molecule has 0 bridgehead atoms. The van der Waals surface area contributed by atoms with Crippen LogP contribution >= 0.6 is 19.3 Å². The van der Waals surface area contributed by atoms with Crippen molar-refractivity contribution in [2.24, 2.45) is 5.41 Å². The third kappa shape index (κ3) is 3.35. The zero-order valence-electron chi connectivity index (χ0n) is 12.4. The van der Waals surface area contributed by atoms with Crippen molar-refractivity contribution in [3.8, 4) is 0 Å². The first-order chi connectivity index (χ1) is 8.79. The summed E-state index contributed by atoms with van der Waals surface area (Å²) in [4.78, 5) is 16.6. The lowest BCUT2D eigenvalue weighted by Crippen LogP contribution is -2.28. The number of nitrogens with zero attached hydrogens (tertiary/aromatic N) is 1. The number of carbonyl (C=O) groups is 1. The van der Waals surface area contributed by atoms with Crippen LogP contribution in [0.4, 0.5) is 5.82 Å². The first kappa shape index (κ1) is 14.9. The Kier molecular flexibility index (Phi) is 4.32. The largest absolute Gasteiger partial charge is 0.310 e. The van der Waals surface area contributed by atoms with Gasteiger partial charge in [-0.2, -0.15) is 0 Å². The summed E-state index contributed by atoms with van der Waals surface area (Å²) in [5, 5.41) is 4.91. The molecule has 1 aromatic rings. The van der Waals surface area contributed by atoms with Crippen molar-refractivity contribution in [2.75, 3.05) is 5.32 Å². The molecule has 2 heterocycles. The summed E-state index contributed by atoms with van der Waals surface area (Å²) in [6.07, 6.45) is 2.63. The highest BCUT2D eigenvalue weighted by atomic mass is 32.1. The Balaban J connectivity index is 2.09. The molecular weight excluding hydrogens is 275 g/mol. The van der Waals surface area contributed by atoms with Gasteiger partial charge in [0.25, 0.3) is 0 Å². The maximum Gasteiger partial charge on any atom is 0.230 e. The fraction of sp³-hybridized carbons (Fsp3) is 0.714. The second-order valence-electron chi connectivity index (χ2n) is 6.40. The normalized spacial score (nSPS) is 24.7. The van der Waals surface area contributed by atoms with Gasteiger partial charge in [-0.05, 0) is 32.1 Å². The summed E-state index contributed by atoms with van der Waals surface area (Å²) in [6, 6.07) is 0. The number of nitrogens with one attached hydrogen (secondary N) is 1. The fourth-order valence-electron chi connectivity index (χ4n) is 2.32. The first-order valence-corrected chi connectivity index (χ1v) is 9.20. The van der Waals surface area contributed by atoms with Gasteiger partial charge in [-0.15, -0.1) is 11.3 Å². The number of rotatable bonds is 2. The van der Waals surface area contributed by atoms with Crippen molar-refractivity contribution < 1.29 is 4.79 Å². The molecule has 0 spiro atoms. The quantitative estimate of drug-likeness (QED) is 0.844. The van der Waals surface area contributed by atoms with Gasteiger partial charge < -0.3 is 5.32 Å². The number of hydrogen-bond donors (Lipinski definition) is 1. The lowest BCUT2D eigenvalue weighted by molar-refractivity contribution is -0.123. The van der Waals surface area contributed by atoms with Crippen LogP contribution in [0.3, 0.4) is 0 Å². The summed E-state index contributed by atoms with van der Waals surface area (Å²) in [7, 11) is -0.139. The molecule has 2 rings (SSSR count). The summed E-state index contributed by atoms with van der Waals surface area (Å²) in [5.41, 5.74) is 1.16. The van der Waals surface area contributed by atoms with Crippen molar-refractivity contribution >= 4 is 35.7 Å². The van der Waals surface area contributed by atoms with E-state index in [1.165, 1.54) is 17.6 Å². The molecule has 1 amide bonds. The van der Waals surface area contributed by atoms with E-state index in [2.05, 4.69) is 24.1 Å². The summed E-state index contributed by atoms with van der Waals surface area (Å²) >= 11 is 1.71. The maximum absolute atomic E-state index is 12.0. The smallest absolute Gasteiger partial charge is 0.230 e. The standard InChI is InChI=1S/C14H23N2OPS/c1-9-6-7-10(2)18(9)13-16-11(8-19-13)15-12(17)14(3,4)5/h8-10H,6-7H2,1-5H3,(H,15,17)/t9-,10-/m0/s1. The lowest BCUT2D eigenvalue weighted by atomic mass is 9.96. The molecule has 0 saturated carbocycles. The molecule has 1 fully saturated rings. The Bertz CT molecular complexity index is 456. The molecule has 106 valence electrons. The molecule has 3 nitrogen and oxygen atoms in total. The molecule has 5 heteroatoms. The van der Waals surface area contributed by atoms with Crippen molar-refractivity contribution in [1.82, 2.24) is 4.98 Å². The molecule has 0 aromatic carbocycles. The molecule has 1 aliphatic heterocycles. The second-order valence-corrected chi connectivity index (χ2v) is 10.6. The predicted octanol–water partition coefficient (Wildman–Crippen LogP) is 3.81. The predicted molar refractivity (Wildman–Crippen MR) is 84.9 cm³/mol. The topological polar surface area (TPSA) is 42.0 Å². The molecule has 0 unspecified atom stereocenters. The van der Waals surface area contributed by atoms with Crippen molar-refractivity contribution in [1.29, 1.82) is 0 Å². The molecule has 0 radical (unpaired) electrons. The van der Waals surface area contributed by atoms with Crippen molar-refractivity contribution in [3.05, 3.63) is 5.38 Å². The zero-order valence-corrected chi connectivity index (χ0v) is 14.1. The van der Waals surface area contributed by atoms with E-state index in [1.54, 1.807) is 11.3 Å². The Morgan fingerprint density at radius 3 is 2.47 bits per heavy atom. The van der Waals surface area contributed by atoms with Gasteiger partial charge in [-0.3, -0.25) is 4.79 Å². The highest BCUT2D eigenvalue weighted by Crippen LogP contribution is 2.54. The average molecular weight is 298 g/mol. The van der Waals surface area contributed by atoms with E-state index in [4.69, 9.17) is 0 Å².